The summed E-state index contributed by atoms with van der Waals surface area (Å²) in [5.74, 6) is -0.258. The van der Waals surface area contributed by atoms with Crippen molar-refractivity contribution in [3.63, 3.8) is 0 Å². The van der Waals surface area contributed by atoms with E-state index >= 15 is 0 Å². The molecule has 0 heterocycles. The van der Waals surface area contributed by atoms with E-state index in [0.717, 1.165) is 37.7 Å². The molecule has 1 aromatic rings. The summed E-state index contributed by atoms with van der Waals surface area (Å²) >= 11 is 0. The number of carbonyl (C=O) groups excluding carboxylic acids is 1. The van der Waals surface area contributed by atoms with Crippen molar-refractivity contribution in [3.05, 3.63) is 33.9 Å². The van der Waals surface area contributed by atoms with E-state index in [4.69, 9.17) is 5.73 Å². The van der Waals surface area contributed by atoms with Gasteiger partial charge in [-0.1, -0.05) is 25.3 Å². The van der Waals surface area contributed by atoms with E-state index in [2.05, 4.69) is 5.32 Å². The topological polar surface area (TPSA) is 98.3 Å². The second-order valence-corrected chi connectivity index (χ2v) is 5.93. The van der Waals surface area contributed by atoms with Crippen LogP contribution in [-0.4, -0.2) is 16.4 Å². The molecule has 6 nitrogen and oxygen atoms in total. The second-order valence-electron chi connectivity index (χ2n) is 5.93. The minimum absolute atomic E-state index is 0.0851. The monoisotopic (exact) mass is 291 g/mol. The van der Waals surface area contributed by atoms with Gasteiger partial charge >= 0.3 is 0 Å². The van der Waals surface area contributed by atoms with Crippen LogP contribution >= 0.6 is 0 Å². The maximum absolute atomic E-state index is 12.1. The molecule has 0 spiro atoms. The molecule has 2 rings (SSSR count). The van der Waals surface area contributed by atoms with E-state index in [9.17, 15) is 14.9 Å². The molecule has 0 atom stereocenters. The highest BCUT2D eigenvalue weighted by Crippen LogP contribution is 2.30. The highest BCUT2D eigenvalue weighted by atomic mass is 16.6. The minimum Gasteiger partial charge on any atom is -0.325 e. The number of benzene rings is 1. The molecular weight excluding hydrogens is 270 g/mol. The van der Waals surface area contributed by atoms with Gasteiger partial charge in [-0.05, 0) is 31.4 Å². The number of nitro groups is 1. The van der Waals surface area contributed by atoms with Crippen molar-refractivity contribution in [2.45, 2.75) is 51.0 Å². The summed E-state index contributed by atoms with van der Waals surface area (Å²) < 4.78 is 0. The number of rotatable bonds is 4. The molecule has 1 amide bonds. The number of hydrogen-bond acceptors (Lipinski definition) is 4. The van der Waals surface area contributed by atoms with Crippen LogP contribution < -0.4 is 11.1 Å². The Morgan fingerprint density at radius 2 is 2.05 bits per heavy atom. The number of anilines is 1. The average molecular weight is 291 g/mol. The smallest absolute Gasteiger partial charge is 0.293 e. The highest BCUT2D eigenvalue weighted by molar-refractivity contribution is 5.93. The molecular formula is C15H21N3O3. The van der Waals surface area contributed by atoms with Crippen LogP contribution in [0, 0.1) is 17.0 Å². The first-order chi connectivity index (χ1) is 9.89. The van der Waals surface area contributed by atoms with Gasteiger partial charge in [0, 0.05) is 18.0 Å². The number of nitro benzene ring substituents is 1. The Hall–Kier alpha value is -1.95. The quantitative estimate of drug-likeness (QED) is 0.658. The molecule has 0 bridgehead atoms. The maximum Gasteiger partial charge on any atom is 0.293 e. The van der Waals surface area contributed by atoms with Gasteiger partial charge < -0.3 is 11.1 Å². The van der Waals surface area contributed by atoms with Gasteiger partial charge in [-0.2, -0.15) is 0 Å². The molecule has 0 unspecified atom stereocenters. The Labute approximate surface area is 123 Å². The number of nitrogens with one attached hydrogen (secondary N) is 1. The number of hydrogen-bond donors (Lipinski definition) is 2. The summed E-state index contributed by atoms with van der Waals surface area (Å²) in [5.41, 5.74) is 6.70. The predicted octanol–water partition coefficient (Wildman–Crippen LogP) is 2.89. The largest absolute Gasteiger partial charge is 0.325 e. The lowest BCUT2D eigenvalue weighted by atomic mass is 9.80. The molecule has 0 aromatic heterocycles. The molecule has 1 aliphatic carbocycles. The maximum atomic E-state index is 12.1. The minimum atomic E-state index is -0.485. The molecule has 6 heteroatoms. The van der Waals surface area contributed by atoms with Crippen molar-refractivity contribution < 1.29 is 9.72 Å². The third kappa shape index (κ3) is 4.01. The lowest BCUT2D eigenvalue weighted by Gasteiger charge is -2.32. The summed E-state index contributed by atoms with van der Waals surface area (Å²) in [6.07, 6.45) is 5.10. The van der Waals surface area contributed by atoms with Gasteiger partial charge in [0.2, 0.25) is 5.91 Å². The van der Waals surface area contributed by atoms with Crippen LogP contribution in [-0.2, 0) is 4.79 Å². The van der Waals surface area contributed by atoms with Crippen molar-refractivity contribution in [2.24, 2.45) is 5.73 Å². The average Bonchev–Trinajstić information content (AvgIpc) is 2.40. The predicted molar refractivity (Wildman–Crippen MR) is 81.1 cm³/mol. The standard InChI is InChI=1S/C15H21N3O3/c1-11-5-6-12(13(9-11)18(20)21)17-14(19)10-15(16)7-3-2-4-8-15/h5-6,9H,2-4,7-8,10,16H2,1H3,(H,17,19). The SMILES string of the molecule is Cc1ccc(NC(=O)CC2(N)CCCCC2)c([N+](=O)[O-])c1. The number of nitrogens with two attached hydrogens (primary N) is 1. The van der Waals surface area contributed by atoms with Crippen LogP contribution in [0.5, 0.6) is 0 Å². The Kier molecular flexibility index (Phi) is 4.57. The van der Waals surface area contributed by atoms with Crippen LogP contribution in [0.2, 0.25) is 0 Å². The molecule has 0 radical (unpaired) electrons. The zero-order chi connectivity index (χ0) is 15.5. The summed E-state index contributed by atoms with van der Waals surface area (Å²) in [5, 5.41) is 13.7. The molecule has 114 valence electrons. The zero-order valence-electron chi connectivity index (χ0n) is 12.2. The first kappa shape index (κ1) is 15.4. The van der Waals surface area contributed by atoms with Gasteiger partial charge in [0.1, 0.15) is 5.69 Å². The molecule has 21 heavy (non-hydrogen) atoms. The summed E-state index contributed by atoms with van der Waals surface area (Å²) in [6.45, 7) is 1.77. The first-order valence-corrected chi connectivity index (χ1v) is 7.23. The van der Waals surface area contributed by atoms with E-state index in [1.807, 2.05) is 0 Å². The van der Waals surface area contributed by atoms with Crippen molar-refractivity contribution in [2.75, 3.05) is 5.32 Å². The van der Waals surface area contributed by atoms with Gasteiger partial charge in [-0.15, -0.1) is 0 Å². The zero-order valence-corrected chi connectivity index (χ0v) is 12.2. The first-order valence-electron chi connectivity index (χ1n) is 7.23. The van der Waals surface area contributed by atoms with E-state index < -0.39 is 10.5 Å². The van der Waals surface area contributed by atoms with Gasteiger partial charge in [0.15, 0.2) is 0 Å². The van der Waals surface area contributed by atoms with Gasteiger partial charge in [-0.3, -0.25) is 14.9 Å². The summed E-state index contributed by atoms with van der Waals surface area (Å²) in [6, 6.07) is 4.76. The lowest BCUT2D eigenvalue weighted by molar-refractivity contribution is -0.384. The van der Waals surface area contributed by atoms with Gasteiger partial charge in [0.25, 0.3) is 5.69 Å². The third-order valence-electron chi connectivity index (χ3n) is 3.99. The third-order valence-corrected chi connectivity index (χ3v) is 3.99. The fourth-order valence-corrected chi connectivity index (χ4v) is 2.85. The van der Waals surface area contributed by atoms with Crippen molar-refractivity contribution in [1.82, 2.24) is 0 Å². The Balaban J connectivity index is 2.07. The molecule has 0 saturated heterocycles. The molecule has 1 aromatic carbocycles. The van der Waals surface area contributed by atoms with Crippen LogP contribution in [0.3, 0.4) is 0 Å². The van der Waals surface area contributed by atoms with Crippen molar-refractivity contribution in [3.8, 4) is 0 Å². The number of nitrogens with zero attached hydrogens (tertiary/aromatic N) is 1. The van der Waals surface area contributed by atoms with Crippen molar-refractivity contribution >= 4 is 17.3 Å². The Morgan fingerprint density at radius 1 is 1.38 bits per heavy atom. The normalized spacial score (nSPS) is 17.2. The molecule has 3 N–H and O–H groups in total. The van der Waals surface area contributed by atoms with Gasteiger partial charge in [-0.25, -0.2) is 0 Å². The second kappa shape index (κ2) is 6.22. The molecule has 1 saturated carbocycles. The Morgan fingerprint density at radius 3 is 2.67 bits per heavy atom. The fraction of sp³-hybridized carbons (Fsp3) is 0.533. The highest BCUT2D eigenvalue weighted by Gasteiger charge is 2.30. The van der Waals surface area contributed by atoms with Crippen LogP contribution in [0.15, 0.2) is 18.2 Å². The van der Waals surface area contributed by atoms with Crippen LogP contribution in [0.25, 0.3) is 0 Å². The number of amides is 1. The van der Waals surface area contributed by atoms with E-state index in [1.54, 1.807) is 19.1 Å². The van der Waals surface area contributed by atoms with E-state index in [1.165, 1.54) is 6.07 Å². The molecule has 1 aliphatic rings. The lowest BCUT2D eigenvalue weighted by Crippen LogP contribution is -2.44. The van der Waals surface area contributed by atoms with Gasteiger partial charge in [0.05, 0.1) is 4.92 Å². The summed E-state index contributed by atoms with van der Waals surface area (Å²) in [7, 11) is 0. The van der Waals surface area contributed by atoms with E-state index in [-0.39, 0.29) is 23.7 Å². The number of carbonyl (C=O) groups is 1. The van der Waals surface area contributed by atoms with E-state index in [0.29, 0.717) is 0 Å². The fourth-order valence-electron chi connectivity index (χ4n) is 2.85. The van der Waals surface area contributed by atoms with Crippen molar-refractivity contribution in [1.29, 1.82) is 0 Å². The number of aryl methyl sites for hydroxylation is 1. The summed E-state index contributed by atoms with van der Waals surface area (Å²) in [4.78, 5) is 22.7. The van der Waals surface area contributed by atoms with Crippen LogP contribution in [0.1, 0.15) is 44.1 Å². The molecule has 0 aliphatic heterocycles. The van der Waals surface area contributed by atoms with Crippen LogP contribution in [0.4, 0.5) is 11.4 Å². The molecule has 1 fully saturated rings. The Bertz CT molecular complexity index is 551.